The van der Waals surface area contributed by atoms with E-state index in [1.54, 1.807) is 6.26 Å². The van der Waals surface area contributed by atoms with Crippen LogP contribution in [0.4, 0.5) is 0 Å². The van der Waals surface area contributed by atoms with Gasteiger partial charge in [0.25, 0.3) is 0 Å². The summed E-state index contributed by atoms with van der Waals surface area (Å²) in [6.45, 7) is 2.52. The number of rotatable bonds is 4. The summed E-state index contributed by atoms with van der Waals surface area (Å²) in [7, 11) is 3.22. The molecule has 0 spiro atoms. The van der Waals surface area contributed by atoms with Crippen LogP contribution in [-0.2, 0) is 20.7 Å². The van der Waals surface area contributed by atoms with E-state index >= 15 is 0 Å². The molecular formula is C18H21ClN2O4. The predicted octanol–water partition coefficient (Wildman–Crippen LogP) is 2.30. The second-order valence-electron chi connectivity index (χ2n) is 6.51. The second kappa shape index (κ2) is 7.06. The smallest absolute Gasteiger partial charge is 0.323 e. The number of halogens is 1. The van der Waals surface area contributed by atoms with Gasteiger partial charge in [0.05, 0.1) is 19.8 Å². The van der Waals surface area contributed by atoms with Gasteiger partial charge in [-0.15, -0.1) is 0 Å². The Kier molecular flexibility index (Phi) is 5.01. The average Bonchev–Trinajstić information content (AvgIpc) is 3.11. The van der Waals surface area contributed by atoms with Gasteiger partial charge in [0.1, 0.15) is 11.6 Å². The molecular weight excluding hydrogens is 344 g/mol. The topological polar surface area (TPSA) is 71.8 Å². The molecule has 1 amide bonds. The van der Waals surface area contributed by atoms with Crippen LogP contribution in [0.3, 0.4) is 0 Å². The van der Waals surface area contributed by atoms with E-state index in [9.17, 15) is 9.59 Å². The first-order valence-corrected chi connectivity index (χ1v) is 8.50. The molecule has 6 nitrogen and oxygen atoms in total. The number of hydrogen-bond acceptors (Lipinski definition) is 5. The highest BCUT2D eigenvalue weighted by Crippen LogP contribution is 2.28. The number of nitrogens with zero attached hydrogens (tertiary/aromatic N) is 1. The number of aryl methyl sites for hydroxylation is 1. The van der Waals surface area contributed by atoms with E-state index in [0.717, 1.165) is 22.1 Å². The standard InChI is InChI=1S/C18H21ClN2O4/c1-10-4-16-13(7-14(10)19)11(9-25-16)5-17(22)20-12-6-15(18(23)24-3)21(2)8-12/h4,7,9,12,15H,5-6,8H2,1-3H3,(H,20,22)/t12-,15-/m0/s1. The quantitative estimate of drug-likeness (QED) is 0.843. The fourth-order valence-corrected chi connectivity index (χ4v) is 3.47. The maximum atomic E-state index is 12.4. The summed E-state index contributed by atoms with van der Waals surface area (Å²) in [6, 6.07) is 3.30. The van der Waals surface area contributed by atoms with Crippen molar-refractivity contribution in [3.8, 4) is 0 Å². The third-order valence-electron chi connectivity index (χ3n) is 4.67. The Bertz CT molecular complexity index is 817. The Balaban J connectivity index is 1.66. The predicted molar refractivity (Wildman–Crippen MR) is 94.6 cm³/mol. The summed E-state index contributed by atoms with van der Waals surface area (Å²) in [5, 5.41) is 4.48. The van der Waals surface area contributed by atoms with Crippen LogP contribution in [0.25, 0.3) is 11.0 Å². The summed E-state index contributed by atoms with van der Waals surface area (Å²) in [6.07, 6.45) is 2.35. The van der Waals surface area contributed by atoms with Crippen molar-refractivity contribution in [2.75, 3.05) is 20.7 Å². The SMILES string of the molecule is COC(=O)[C@@H]1C[C@H](NC(=O)Cc2coc3cc(C)c(Cl)cc23)CN1C. The van der Waals surface area contributed by atoms with Crippen LogP contribution < -0.4 is 5.32 Å². The zero-order valence-corrected chi connectivity index (χ0v) is 15.2. The van der Waals surface area contributed by atoms with Gasteiger partial charge in [-0.2, -0.15) is 0 Å². The molecule has 7 heteroatoms. The summed E-state index contributed by atoms with van der Waals surface area (Å²) >= 11 is 6.17. The summed E-state index contributed by atoms with van der Waals surface area (Å²) < 4.78 is 10.3. The largest absolute Gasteiger partial charge is 0.468 e. The van der Waals surface area contributed by atoms with E-state index in [1.165, 1.54) is 7.11 Å². The molecule has 3 rings (SSSR count). The van der Waals surface area contributed by atoms with E-state index in [4.69, 9.17) is 20.8 Å². The van der Waals surface area contributed by atoms with Gasteiger partial charge in [-0.3, -0.25) is 14.5 Å². The van der Waals surface area contributed by atoms with E-state index in [-0.39, 0.29) is 30.4 Å². The fraction of sp³-hybridized carbons (Fsp3) is 0.444. The van der Waals surface area contributed by atoms with Crippen LogP contribution in [-0.4, -0.2) is 49.6 Å². The molecule has 2 heterocycles. The normalized spacial score (nSPS) is 20.8. The molecule has 1 N–H and O–H groups in total. The zero-order chi connectivity index (χ0) is 18.1. The number of carbonyl (C=O) groups is 2. The molecule has 1 aromatic carbocycles. The number of esters is 1. The van der Waals surface area contributed by atoms with Gasteiger partial charge in [-0.25, -0.2) is 0 Å². The van der Waals surface area contributed by atoms with Crippen molar-refractivity contribution in [3.05, 3.63) is 34.5 Å². The average molecular weight is 365 g/mol. The van der Waals surface area contributed by atoms with Gasteiger partial charge in [0.15, 0.2) is 0 Å². The fourth-order valence-electron chi connectivity index (χ4n) is 3.31. The van der Waals surface area contributed by atoms with Crippen molar-refractivity contribution in [2.45, 2.75) is 31.8 Å². The first kappa shape index (κ1) is 17.8. The Morgan fingerprint density at radius 1 is 1.44 bits per heavy atom. The van der Waals surface area contributed by atoms with Crippen LogP contribution in [0, 0.1) is 6.92 Å². The number of likely N-dealkylation sites (tertiary alicyclic amines) is 1. The highest BCUT2D eigenvalue weighted by molar-refractivity contribution is 6.32. The molecule has 1 aromatic heterocycles. The van der Waals surface area contributed by atoms with Gasteiger partial charge < -0.3 is 14.5 Å². The minimum atomic E-state index is -0.313. The molecule has 1 saturated heterocycles. The molecule has 2 aromatic rings. The minimum Gasteiger partial charge on any atom is -0.468 e. The summed E-state index contributed by atoms with van der Waals surface area (Å²) in [4.78, 5) is 26.0. The van der Waals surface area contributed by atoms with Gasteiger partial charge in [-0.05, 0) is 38.1 Å². The summed E-state index contributed by atoms with van der Waals surface area (Å²) in [5.74, 6) is -0.381. The Labute approximate surface area is 151 Å². The molecule has 1 aliphatic rings. The van der Waals surface area contributed by atoms with Crippen molar-refractivity contribution >= 4 is 34.4 Å². The van der Waals surface area contributed by atoms with Gasteiger partial charge in [-0.1, -0.05) is 11.6 Å². The lowest BCUT2D eigenvalue weighted by molar-refractivity contribution is -0.145. The third-order valence-corrected chi connectivity index (χ3v) is 5.08. The van der Waals surface area contributed by atoms with Crippen molar-refractivity contribution in [1.82, 2.24) is 10.2 Å². The Morgan fingerprint density at radius 3 is 2.92 bits per heavy atom. The lowest BCUT2D eigenvalue weighted by Gasteiger charge is -2.15. The van der Waals surface area contributed by atoms with Crippen LogP contribution in [0.5, 0.6) is 0 Å². The molecule has 1 fully saturated rings. The highest BCUT2D eigenvalue weighted by Gasteiger charge is 2.35. The number of likely N-dealkylation sites (N-methyl/N-ethyl adjacent to an activating group) is 1. The number of ether oxygens (including phenoxy) is 1. The number of hydrogen-bond donors (Lipinski definition) is 1. The minimum absolute atomic E-state index is 0.0782. The first-order valence-electron chi connectivity index (χ1n) is 8.12. The number of furan rings is 1. The maximum absolute atomic E-state index is 12.4. The lowest BCUT2D eigenvalue weighted by Crippen LogP contribution is -2.37. The molecule has 0 radical (unpaired) electrons. The molecule has 0 bridgehead atoms. The third kappa shape index (κ3) is 3.65. The number of fused-ring (bicyclic) bond motifs is 1. The number of nitrogens with one attached hydrogen (secondary N) is 1. The monoisotopic (exact) mass is 364 g/mol. The van der Waals surface area contributed by atoms with E-state index in [1.807, 2.05) is 31.0 Å². The molecule has 0 aliphatic carbocycles. The highest BCUT2D eigenvalue weighted by atomic mass is 35.5. The second-order valence-corrected chi connectivity index (χ2v) is 6.92. The molecule has 134 valence electrons. The maximum Gasteiger partial charge on any atom is 0.323 e. The number of amides is 1. The van der Waals surface area contributed by atoms with Crippen molar-refractivity contribution in [1.29, 1.82) is 0 Å². The van der Waals surface area contributed by atoms with Crippen LogP contribution in [0.1, 0.15) is 17.5 Å². The first-order chi connectivity index (χ1) is 11.9. The Morgan fingerprint density at radius 2 is 2.20 bits per heavy atom. The van der Waals surface area contributed by atoms with Crippen LogP contribution in [0.15, 0.2) is 22.8 Å². The number of carbonyl (C=O) groups excluding carboxylic acids is 2. The molecule has 0 unspecified atom stereocenters. The van der Waals surface area contributed by atoms with Gasteiger partial charge >= 0.3 is 5.97 Å². The van der Waals surface area contributed by atoms with Crippen molar-refractivity contribution in [3.63, 3.8) is 0 Å². The molecule has 2 atom stereocenters. The lowest BCUT2D eigenvalue weighted by atomic mass is 10.1. The molecule has 1 aliphatic heterocycles. The van der Waals surface area contributed by atoms with Gasteiger partial charge in [0, 0.05) is 28.6 Å². The molecule has 0 saturated carbocycles. The van der Waals surface area contributed by atoms with Crippen LogP contribution in [0.2, 0.25) is 5.02 Å². The van der Waals surface area contributed by atoms with Crippen LogP contribution >= 0.6 is 11.6 Å². The van der Waals surface area contributed by atoms with Gasteiger partial charge in [0.2, 0.25) is 5.91 Å². The number of benzene rings is 1. The van der Waals surface area contributed by atoms with E-state index < -0.39 is 0 Å². The van der Waals surface area contributed by atoms with Crippen molar-refractivity contribution < 1.29 is 18.7 Å². The number of methoxy groups -OCH3 is 1. The zero-order valence-electron chi connectivity index (χ0n) is 14.5. The molecule has 25 heavy (non-hydrogen) atoms. The van der Waals surface area contributed by atoms with Crippen molar-refractivity contribution in [2.24, 2.45) is 0 Å². The van der Waals surface area contributed by atoms with E-state index in [0.29, 0.717) is 18.0 Å². The Hall–Kier alpha value is -2.05. The summed E-state index contributed by atoms with van der Waals surface area (Å²) in [5.41, 5.74) is 2.45. The van der Waals surface area contributed by atoms with E-state index in [2.05, 4.69) is 5.32 Å².